The van der Waals surface area contributed by atoms with Crippen LogP contribution < -0.4 is 10.6 Å². The van der Waals surface area contributed by atoms with Crippen molar-refractivity contribution in [2.24, 2.45) is 5.92 Å². The summed E-state index contributed by atoms with van der Waals surface area (Å²) in [5.74, 6) is -0.971. The van der Waals surface area contributed by atoms with Gasteiger partial charge in [0.2, 0.25) is 5.91 Å². The van der Waals surface area contributed by atoms with Gasteiger partial charge in [0.1, 0.15) is 5.65 Å². The number of nitrogens with one attached hydrogen (secondary N) is 2. The Labute approximate surface area is 227 Å². The summed E-state index contributed by atoms with van der Waals surface area (Å²) < 4.78 is 14.3. The summed E-state index contributed by atoms with van der Waals surface area (Å²) >= 11 is 0. The average molecular weight is 531 g/mol. The van der Waals surface area contributed by atoms with E-state index >= 15 is 0 Å². The molecule has 4 aromatic rings. The molecule has 0 radical (unpaired) electrons. The number of hydrogen-bond acceptors (Lipinski definition) is 7. The van der Waals surface area contributed by atoms with Crippen molar-refractivity contribution in [1.29, 1.82) is 0 Å². The minimum absolute atomic E-state index is 0.141. The number of hydrogen-bond donors (Lipinski definition) is 2. The second-order valence-electron chi connectivity index (χ2n) is 9.85. The van der Waals surface area contributed by atoms with Gasteiger partial charge in [-0.15, -0.1) is 0 Å². The number of rotatable bonds is 11. The molecule has 1 fully saturated rings. The highest BCUT2D eigenvalue weighted by atomic mass is 16.5. The number of nitrogens with zero attached hydrogens (tertiary/aromatic N) is 4. The van der Waals surface area contributed by atoms with E-state index in [9.17, 15) is 9.59 Å². The van der Waals surface area contributed by atoms with Crippen molar-refractivity contribution in [3.63, 3.8) is 0 Å². The molecule has 204 valence electrons. The third-order valence-electron chi connectivity index (χ3n) is 7.06. The van der Waals surface area contributed by atoms with Crippen LogP contribution in [-0.4, -0.2) is 57.6 Å². The van der Waals surface area contributed by atoms with Crippen LogP contribution in [0.1, 0.15) is 35.8 Å². The molecular formula is C29H34N6O4. The summed E-state index contributed by atoms with van der Waals surface area (Å²) in [6, 6.07) is 14.0. The summed E-state index contributed by atoms with van der Waals surface area (Å²) in [7, 11) is 1.35. The number of aromatic nitrogens is 4. The van der Waals surface area contributed by atoms with Gasteiger partial charge in [-0.3, -0.25) is 9.48 Å². The molecule has 0 unspecified atom stereocenters. The van der Waals surface area contributed by atoms with Crippen molar-refractivity contribution >= 4 is 34.3 Å². The van der Waals surface area contributed by atoms with Crippen molar-refractivity contribution in [1.82, 2.24) is 19.3 Å². The maximum absolute atomic E-state index is 13.2. The molecule has 1 saturated heterocycles. The number of pyridine rings is 1. The lowest BCUT2D eigenvalue weighted by Crippen LogP contribution is -2.24. The summed E-state index contributed by atoms with van der Waals surface area (Å²) in [6.45, 7) is 4.29. The first-order chi connectivity index (χ1) is 19.0. The van der Waals surface area contributed by atoms with E-state index < -0.39 is 5.97 Å². The molecule has 10 heteroatoms. The Balaban J connectivity index is 1.49. The van der Waals surface area contributed by atoms with E-state index in [0.29, 0.717) is 49.3 Å². The lowest BCUT2D eigenvalue weighted by atomic mass is 10.1. The molecule has 1 aliphatic rings. The SMILES string of the molecule is COC(=O)c1c(NC(=O)[C@H]2CCOC2)c2cc(N[C@H](C)CCn3cccn3)cnc2n1CCc1ccccc1. The van der Waals surface area contributed by atoms with Crippen LogP contribution >= 0.6 is 0 Å². The predicted molar refractivity (Wildman–Crippen MR) is 149 cm³/mol. The zero-order valence-electron chi connectivity index (χ0n) is 22.3. The molecule has 4 heterocycles. The zero-order chi connectivity index (χ0) is 27.2. The van der Waals surface area contributed by atoms with Gasteiger partial charge >= 0.3 is 5.97 Å². The highest BCUT2D eigenvalue weighted by molar-refractivity contribution is 6.11. The fourth-order valence-electron chi connectivity index (χ4n) is 4.92. The highest BCUT2D eigenvalue weighted by Gasteiger charge is 2.30. The number of carbonyl (C=O) groups excluding carboxylic acids is 2. The summed E-state index contributed by atoms with van der Waals surface area (Å²) in [6.07, 6.45) is 7.66. The molecule has 1 aromatic carbocycles. The largest absolute Gasteiger partial charge is 0.464 e. The molecule has 0 aliphatic carbocycles. The summed E-state index contributed by atoms with van der Waals surface area (Å²) in [4.78, 5) is 31.1. The number of methoxy groups -OCH3 is 1. The minimum atomic E-state index is -0.527. The number of ether oxygens (including phenoxy) is 2. The van der Waals surface area contributed by atoms with Crippen molar-refractivity contribution in [3.05, 3.63) is 72.3 Å². The van der Waals surface area contributed by atoms with Gasteiger partial charge in [0.05, 0.1) is 37.2 Å². The summed E-state index contributed by atoms with van der Waals surface area (Å²) in [5, 5.41) is 11.5. The Kier molecular flexibility index (Phi) is 8.21. The Morgan fingerprint density at radius 1 is 1.21 bits per heavy atom. The lowest BCUT2D eigenvalue weighted by molar-refractivity contribution is -0.119. The molecule has 39 heavy (non-hydrogen) atoms. The van der Waals surface area contributed by atoms with Gasteiger partial charge in [0.25, 0.3) is 0 Å². The van der Waals surface area contributed by atoms with Crippen LogP contribution in [0.15, 0.2) is 61.1 Å². The molecule has 5 rings (SSSR count). The van der Waals surface area contributed by atoms with Crippen molar-refractivity contribution < 1.29 is 19.1 Å². The molecule has 0 spiro atoms. The van der Waals surface area contributed by atoms with Crippen molar-refractivity contribution in [2.75, 3.05) is 31.0 Å². The standard InChI is InChI=1S/C29H34N6O4/c1-20(9-14-34-13-6-12-31-34)32-23-17-24-25(33-28(36)22-11-16-39-19-22)26(29(37)38-2)35(27(24)30-18-23)15-10-21-7-4-3-5-8-21/h3-8,12-13,17-18,20,22,32H,9-11,14-16,19H2,1-2H3,(H,33,36)/t20-,22+/m1/s1. The quantitative estimate of drug-likeness (QED) is 0.281. The maximum Gasteiger partial charge on any atom is 0.356 e. The van der Waals surface area contributed by atoms with E-state index in [-0.39, 0.29) is 23.6 Å². The molecule has 2 atom stereocenters. The first-order valence-electron chi connectivity index (χ1n) is 13.3. The molecule has 0 bridgehead atoms. The average Bonchev–Trinajstić information content (AvgIpc) is 3.73. The second kappa shape index (κ2) is 12.1. The third kappa shape index (κ3) is 6.12. The second-order valence-corrected chi connectivity index (χ2v) is 9.85. The van der Waals surface area contributed by atoms with E-state index in [0.717, 1.165) is 24.2 Å². The number of amides is 1. The normalized spacial score (nSPS) is 15.8. The van der Waals surface area contributed by atoms with Gasteiger partial charge in [-0.05, 0) is 43.9 Å². The van der Waals surface area contributed by atoms with Gasteiger partial charge < -0.3 is 24.7 Å². The van der Waals surface area contributed by atoms with E-state index in [2.05, 4.69) is 22.7 Å². The van der Waals surface area contributed by atoms with Gasteiger partial charge in [0.15, 0.2) is 5.69 Å². The Morgan fingerprint density at radius 2 is 2.05 bits per heavy atom. The van der Waals surface area contributed by atoms with Crippen LogP contribution in [0.25, 0.3) is 11.0 Å². The van der Waals surface area contributed by atoms with Gasteiger partial charge in [-0.1, -0.05) is 30.3 Å². The molecular weight excluding hydrogens is 496 g/mol. The van der Waals surface area contributed by atoms with Crippen LogP contribution in [0.3, 0.4) is 0 Å². The number of fused-ring (bicyclic) bond motifs is 1. The minimum Gasteiger partial charge on any atom is -0.464 e. The van der Waals surface area contributed by atoms with Crippen LogP contribution in [0.2, 0.25) is 0 Å². The number of benzene rings is 1. The molecule has 3 aromatic heterocycles. The number of anilines is 2. The van der Waals surface area contributed by atoms with E-state index in [1.807, 2.05) is 57.9 Å². The first kappa shape index (κ1) is 26.4. The maximum atomic E-state index is 13.2. The number of carbonyl (C=O) groups is 2. The Bertz CT molecular complexity index is 1410. The Hall–Kier alpha value is -4.18. The lowest BCUT2D eigenvalue weighted by Gasteiger charge is -2.15. The molecule has 1 aliphatic heterocycles. The predicted octanol–water partition coefficient (Wildman–Crippen LogP) is 4.13. The van der Waals surface area contributed by atoms with Crippen molar-refractivity contribution in [3.8, 4) is 0 Å². The fourth-order valence-corrected chi connectivity index (χ4v) is 4.92. The third-order valence-corrected chi connectivity index (χ3v) is 7.06. The van der Waals surface area contributed by atoms with Gasteiger partial charge in [-0.2, -0.15) is 5.10 Å². The number of esters is 1. The first-order valence-corrected chi connectivity index (χ1v) is 13.3. The van der Waals surface area contributed by atoms with Crippen LogP contribution in [-0.2, 0) is 33.8 Å². The van der Waals surface area contributed by atoms with Crippen LogP contribution in [0.4, 0.5) is 11.4 Å². The Morgan fingerprint density at radius 3 is 2.77 bits per heavy atom. The van der Waals surface area contributed by atoms with Gasteiger partial charge in [0, 0.05) is 43.5 Å². The van der Waals surface area contributed by atoms with E-state index in [1.165, 1.54) is 7.11 Å². The molecule has 2 N–H and O–H groups in total. The highest BCUT2D eigenvalue weighted by Crippen LogP contribution is 2.34. The monoisotopic (exact) mass is 530 g/mol. The zero-order valence-corrected chi connectivity index (χ0v) is 22.3. The van der Waals surface area contributed by atoms with E-state index in [4.69, 9.17) is 14.5 Å². The molecule has 0 saturated carbocycles. The summed E-state index contributed by atoms with van der Waals surface area (Å²) in [5.41, 5.74) is 3.24. The number of aryl methyl sites for hydroxylation is 3. The van der Waals surface area contributed by atoms with Crippen LogP contribution in [0.5, 0.6) is 0 Å². The van der Waals surface area contributed by atoms with Crippen LogP contribution in [0, 0.1) is 5.92 Å². The van der Waals surface area contributed by atoms with Gasteiger partial charge in [-0.25, -0.2) is 9.78 Å². The fraction of sp³-hybridized carbons (Fsp3) is 0.379. The molecule has 1 amide bonds. The smallest absolute Gasteiger partial charge is 0.356 e. The van der Waals surface area contributed by atoms with Crippen molar-refractivity contribution in [2.45, 2.75) is 45.3 Å². The van der Waals surface area contributed by atoms with E-state index in [1.54, 1.807) is 12.4 Å². The molecule has 10 nitrogen and oxygen atoms in total. The topological polar surface area (TPSA) is 112 Å².